The molecule has 1 aromatic carbocycles. The first-order valence-corrected chi connectivity index (χ1v) is 6.68. The van der Waals surface area contributed by atoms with E-state index < -0.39 is 0 Å². The highest BCUT2D eigenvalue weighted by Gasteiger charge is 2.06. The summed E-state index contributed by atoms with van der Waals surface area (Å²) in [6.07, 6.45) is 6.16. The molecule has 0 bridgehead atoms. The maximum Gasteiger partial charge on any atom is 0.106 e. The van der Waals surface area contributed by atoms with Gasteiger partial charge in [0, 0.05) is 17.0 Å². The van der Waals surface area contributed by atoms with Crippen molar-refractivity contribution in [3.05, 3.63) is 41.3 Å². The molecular formula is C14H18ClN3. The Bertz CT molecular complexity index is 493. The lowest BCUT2D eigenvalue weighted by atomic mass is 10.2. The van der Waals surface area contributed by atoms with Gasteiger partial charge in [-0.05, 0) is 25.5 Å². The zero-order chi connectivity index (χ0) is 12.8. The van der Waals surface area contributed by atoms with Crippen molar-refractivity contribution in [2.45, 2.75) is 25.7 Å². The monoisotopic (exact) mass is 263 g/mol. The summed E-state index contributed by atoms with van der Waals surface area (Å²) in [5.74, 6) is 1.02. The van der Waals surface area contributed by atoms with Gasteiger partial charge in [0.05, 0.1) is 11.9 Å². The molecule has 18 heavy (non-hydrogen) atoms. The molecule has 1 heterocycles. The number of hydrogen-bond acceptors (Lipinski definition) is 2. The third-order valence-corrected chi connectivity index (χ3v) is 3.24. The fourth-order valence-electron chi connectivity index (χ4n) is 1.92. The molecule has 1 aromatic heterocycles. The Hall–Kier alpha value is -1.32. The van der Waals surface area contributed by atoms with Crippen molar-refractivity contribution in [2.24, 2.45) is 5.73 Å². The first-order chi connectivity index (χ1) is 8.81. The molecule has 0 atom stereocenters. The van der Waals surface area contributed by atoms with Crippen LogP contribution in [0.1, 0.15) is 25.1 Å². The number of aryl methyl sites for hydroxylation is 1. The maximum atomic E-state index is 6.15. The standard InChI is InChI=1S/C14H18ClN3/c15-12-7-4-3-6-11(12)13-10-17-14(18-13)8-2-1-5-9-16/h3-4,6-7,10H,1-2,5,8-9,16H2,(H,17,18). The third-order valence-electron chi connectivity index (χ3n) is 2.91. The van der Waals surface area contributed by atoms with Crippen LogP contribution in [0, 0.1) is 0 Å². The number of nitrogens with zero attached hydrogens (tertiary/aromatic N) is 1. The van der Waals surface area contributed by atoms with Crippen molar-refractivity contribution < 1.29 is 0 Å². The number of aromatic nitrogens is 2. The quantitative estimate of drug-likeness (QED) is 0.785. The molecule has 0 saturated carbocycles. The van der Waals surface area contributed by atoms with Gasteiger partial charge in [0.2, 0.25) is 0 Å². The van der Waals surface area contributed by atoms with Gasteiger partial charge in [0.25, 0.3) is 0 Å². The van der Waals surface area contributed by atoms with Crippen LogP contribution in [0.15, 0.2) is 30.5 Å². The Morgan fingerprint density at radius 2 is 2.00 bits per heavy atom. The first-order valence-electron chi connectivity index (χ1n) is 6.30. The minimum absolute atomic E-state index is 0.746. The number of nitrogens with one attached hydrogen (secondary N) is 1. The number of hydrogen-bond donors (Lipinski definition) is 2. The Kier molecular flexibility index (Phi) is 4.79. The Morgan fingerprint density at radius 1 is 1.17 bits per heavy atom. The summed E-state index contributed by atoms with van der Waals surface area (Å²) in [7, 11) is 0. The van der Waals surface area contributed by atoms with E-state index in [1.54, 1.807) is 0 Å². The first kappa shape index (κ1) is 13.1. The fourth-order valence-corrected chi connectivity index (χ4v) is 2.16. The van der Waals surface area contributed by atoms with Gasteiger partial charge in [-0.25, -0.2) is 4.98 Å². The van der Waals surface area contributed by atoms with E-state index in [1.807, 2.05) is 30.5 Å². The van der Waals surface area contributed by atoms with Crippen LogP contribution < -0.4 is 5.73 Å². The second kappa shape index (κ2) is 6.57. The number of nitrogens with two attached hydrogens (primary N) is 1. The molecule has 0 radical (unpaired) electrons. The molecule has 2 aromatic rings. The average molecular weight is 264 g/mol. The number of H-pyrrole nitrogens is 1. The van der Waals surface area contributed by atoms with Gasteiger partial charge in [-0.2, -0.15) is 0 Å². The van der Waals surface area contributed by atoms with Crippen molar-refractivity contribution in [1.82, 2.24) is 9.97 Å². The van der Waals surface area contributed by atoms with Crippen LogP contribution in [0.5, 0.6) is 0 Å². The SMILES string of the molecule is NCCCCCc1ncc(-c2ccccc2Cl)[nH]1. The number of aromatic amines is 1. The number of benzene rings is 1. The molecule has 0 fully saturated rings. The van der Waals surface area contributed by atoms with Crippen molar-refractivity contribution in [3.63, 3.8) is 0 Å². The van der Waals surface area contributed by atoms with Gasteiger partial charge in [-0.1, -0.05) is 36.2 Å². The number of imidazole rings is 1. The van der Waals surface area contributed by atoms with Crippen molar-refractivity contribution in [3.8, 4) is 11.3 Å². The van der Waals surface area contributed by atoms with Crippen LogP contribution in [0.25, 0.3) is 11.3 Å². The molecule has 0 aliphatic carbocycles. The molecule has 0 aliphatic rings. The molecule has 2 rings (SSSR count). The van der Waals surface area contributed by atoms with Crippen LogP contribution >= 0.6 is 11.6 Å². The molecule has 96 valence electrons. The molecular weight excluding hydrogens is 246 g/mol. The van der Waals surface area contributed by atoms with Crippen LogP contribution in [-0.4, -0.2) is 16.5 Å². The van der Waals surface area contributed by atoms with Crippen molar-refractivity contribution in [1.29, 1.82) is 0 Å². The van der Waals surface area contributed by atoms with E-state index in [9.17, 15) is 0 Å². The average Bonchev–Trinajstić information content (AvgIpc) is 2.84. The largest absolute Gasteiger partial charge is 0.342 e. The molecule has 0 saturated heterocycles. The zero-order valence-electron chi connectivity index (χ0n) is 10.3. The highest BCUT2D eigenvalue weighted by Crippen LogP contribution is 2.25. The van der Waals surface area contributed by atoms with E-state index in [-0.39, 0.29) is 0 Å². The van der Waals surface area contributed by atoms with Gasteiger partial charge in [0.15, 0.2) is 0 Å². The third kappa shape index (κ3) is 3.34. The molecule has 4 heteroatoms. The minimum atomic E-state index is 0.746. The summed E-state index contributed by atoms with van der Waals surface area (Å²) in [4.78, 5) is 7.71. The van der Waals surface area contributed by atoms with Crippen LogP contribution in [-0.2, 0) is 6.42 Å². The van der Waals surface area contributed by atoms with Gasteiger partial charge in [-0.3, -0.25) is 0 Å². The minimum Gasteiger partial charge on any atom is -0.342 e. The van der Waals surface area contributed by atoms with Crippen LogP contribution in [0.3, 0.4) is 0 Å². The molecule has 3 N–H and O–H groups in total. The second-order valence-corrected chi connectivity index (χ2v) is 4.73. The smallest absolute Gasteiger partial charge is 0.106 e. The van der Waals surface area contributed by atoms with E-state index >= 15 is 0 Å². The molecule has 3 nitrogen and oxygen atoms in total. The van der Waals surface area contributed by atoms with Gasteiger partial charge >= 0.3 is 0 Å². The summed E-state index contributed by atoms with van der Waals surface area (Å²) < 4.78 is 0. The molecule has 0 amide bonds. The van der Waals surface area contributed by atoms with Crippen molar-refractivity contribution >= 4 is 11.6 Å². The summed E-state index contributed by atoms with van der Waals surface area (Å²) in [5.41, 5.74) is 7.45. The maximum absolute atomic E-state index is 6.15. The van der Waals surface area contributed by atoms with E-state index in [0.29, 0.717) is 0 Å². The number of unbranched alkanes of at least 4 members (excludes halogenated alkanes) is 2. The van der Waals surface area contributed by atoms with Gasteiger partial charge < -0.3 is 10.7 Å². The molecule has 0 spiro atoms. The zero-order valence-corrected chi connectivity index (χ0v) is 11.1. The normalized spacial score (nSPS) is 10.8. The summed E-state index contributed by atoms with van der Waals surface area (Å²) in [5, 5.41) is 0.746. The Labute approximate surface area is 112 Å². The van der Waals surface area contributed by atoms with E-state index in [1.165, 1.54) is 0 Å². The summed E-state index contributed by atoms with van der Waals surface area (Å²) >= 11 is 6.15. The van der Waals surface area contributed by atoms with Crippen LogP contribution in [0.4, 0.5) is 0 Å². The lowest BCUT2D eigenvalue weighted by Gasteiger charge is -2.00. The lowest BCUT2D eigenvalue weighted by molar-refractivity contribution is 0.673. The van der Waals surface area contributed by atoms with E-state index in [2.05, 4.69) is 9.97 Å². The van der Waals surface area contributed by atoms with Gasteiger partial charge in [-0.15, -0.1) is 0 Å². The van der Waals surface area contributed by atoms with Gasteiger partial charge in [0.1, 0.15) is 5.82 Å². The predicted molar refractivity (Wildman–Crippen MR) is 75.6 cm³/mol. The highest BCUT2D eigenvalue weighted by atomic mass is 35.5. The lowest BCUT2D eigenvalue weighted by Crippen LogP contribution is -1.98. The highest BCUT2D eigenvalue weighted by molar-refractivity contribution is 6.33. The van der Waals surface area contributed by atoms with E-state index in [4.69, 9.17) is 17.3 Å². The van der Waals surface area contributed by atoms with Crippen LogP contribution in [0.2, 0.25) is 5.02 Å². The fraction of sp³-hybridized carbons (Fsp3) is 0.357. The Morgan fingerprint density at radius 3 is 2.78 bits per heavy atom. The molecule has 0 unspecified atom stereocenters. The topological polar surface area (TPSA) is 54.7 Å². The number of rotatable bonds is 6. The number of halogens is 1. The second-order valence-electron chi connectivity index (χ2n) is 4.32. The predicted octanol–water partition coefficient (Wildman–Crippen LogP) is 3.40. The summed E-state index contributed by atoms with van der Waals surface area (Å²) in [6.45, 7) is 0.767. The van der Waals surface area contributed by atoms with Crippen molar-refractivity contribution in [2.75, 3.05) is 6.54 Å². The summed E-state index contributed by atoms with van der Waals surface area (Å²) in [6, 6.07) is 7.78. The molecule has 0 aliphatic heterocycles. The van der Waals surface area contributed by atoms with E-state index in [0.717, 1.165) is 54.3 Å². The Balaban J connectivity index is 2.00.